The molecule has 2 aromatic carbocycles. The predicted molar refractivity (Wildman–Crippen MR) is 170 cm³/mol. The summed E-state index contributed by atoms with van der Waals surface area (Å²) in [4.78, 5) is 40.5. The van der Waals surface area contributed by atoms with Crippen LogP contribution >= 0.6 is 0 Å². The van der Waals surface area contributed by atoms with E-state index in [2.05, 4.69) is 6.08 Å². The number of cyclic esters (lactones) is 1. The van der Waals surface area contributed by atoms with Crippen molar-refractivity contribution < 1.29 is 53.0 Å². The summed E-state index contributed by atoms with van der Waals surface area (Å²) >= 11 is 0. The number of hydrogen-bond donors (Lipinski definition) is 2. The lowest BCUT2D eigenvalue weighted by atomic mass is 9.61. The first-order valence-electron chi connectivity index (χ1n) is 16.5. The van der Waals surface area contributed by atoms with Gasteiger partial charge in [0, 0.05) is 36.0 Å². The van der Waals surface area contributed by atoms with Crippen molar-refractivity contribution in [3.8, 4) is 17.2 Å². The summed E-state index contributed by atoms with van der Waals surface area (Å²) in [5, 5.41) is 22.5. The van der Waals surface area contributed by atoms with Crippen molar-refractivity contribution in [2.75, 3.05) is 6.61 Å². The second kappa shape index (κ2) is 11.3. The van der Waals surface area contributed by atoms with Crippen LogP contribution in [-0.4, -0.2) is 70.7 Å². The summed E-state index contributed by atoms with van der Waals surface area (Å²) in [5.41, 5.74) is 1.65. The molecule has 9 atom stereocenters. The Balaban J connectivity index is 1.52. The molecule has 11 heteroatoms. The SMILES string of the molecule is CC(=O)O[C@@H]1C[C@@H](C)OC(=O)[C@H]2O[C@H]2[C@@H]2[C@@H](C1=O)[C@H]1O[C@]2(c2cc(C)cc3c2O[C@H](C(C)(C)O)CO3)c2c(CC=C(C)C)ccc(O)c21. The summed E-state index contributed by atoms with van der Waals surface area (Å²) in [6.07, 6.45) is -2.92. The van der Waals surface area contributed by atoms with Gasteiger partial charge in [0.2, 0.25) is 0 Å². The van der Waals surface area contributed by atoms with Crippen molar-refractivity contribution in [2.24, 2.45) is 11.8 Å². The Bertz CT molecular complexity index is 1730. The molecular formula is C37H42O11. The van der Waals surface area contributed by atoms with E-state index in [-0.39, 0.29) is 18.8 Å². The van der Waals surface area contributed by atoms with Gasteiger partial charge in [-0.1, -0.05) is 17.7 Å². The average molecular weight is 663 g/mol. The molecule has 0 aromatic heterocycles. The molecule has 7 rings (SSSR count). The third-order valence-corrected chi connectivity index (χ3v) is 10.2. The number of fused-ring (bicyclic) bond motifs is 11. The number of epoxide rings is 1. The Morgan fingerprint density at radius 1 is 1.12 bits per heavy atom. The zero-order chi connectivity index (χ0) is 34.4. The largest absolute Gasteiger partial charge is 0.508 e. The van der Waals surface area contributed by atoms with Gasteiger partial charge < -0.3 is 38.6 Å². The third-order valence-electron chi connectivity index (χ3n) is 10.2. The maximum Gasteiger partial charge on any atom is 0.338 e. The van der Waals surface area contributed by atoms with Crippen LogP contribution in [0.4, 0.5) is 0 Å². The molecule has 256 valence electrons. The Morgan fingerprint density at radius 3 is 2.56 bits per heavy atom. The Kier molecular flexibility index (Phi) is 7.69. The van der Waals surface area contributed by atoms with Gasteiger partial charge in [-0.15, -0.1) is 0 Å². The third kappa shape index (κ3) is 5.09. The topological polar surface area (TPSA) is 150 Å². The fourth-order valence-corrected chi connectivity index (χ4v) is 8.03. The number of ketones is 1. The van der Waals surface area contributed by atoms with E-state index < -0.39 is 77.4 Å². The van der Waals surface area contributed by atoms with Gasteiger partial charge in [-0.25, -0.2) is 4.79 Å². The van der Waals surface area contributed by atoms with E-state index in [1.807, 2.05) is 39.0 Å². The van der Waals surface area contributed by atoms with Crippen LogP contribution in [0.5, 0.6) is 17.2 Å². The molecule has 11 nitrogen and oxygen atoms in total. The highest BCUT2D eigenvalue weighted by Gasteiger charge is 2.74. The van der Waals surface area contributed by atoms with Crippen molar-refractivity contribution in [3.63, 3.8) is 0 Å². The van der Waals surface area contributed by atoms with E-state index in [0.717, 1.165) is 16.7 Å². The molecule has 0 saturated carbocycles. The molecule has 5 aliphatic rings. The number of carbonyl (C=O) groups excluding carboxylic acids is 3. The number of phenols is 1. The molecular weight excluding hydrogens is 620 g/mol. The number of carbonyl (C=O) groups is 3. The minimum atomic E-state index is -1.49. The maximum absolute atomic E-state index is 14.8. The lowest BCUT2D eigenvalue weighted by Crippen LogP contribution is -2.50. The van der Waals surface area contributed by atoms with Gasteiger partial charge in [-0.2, -0.15) is 0 Å². The molecule has 5 aliphatic heterocycles. The van der Waals surface area contributed by atoms with Crippen molar-refractivity contribution >= 4 is 17.7 Å². The molecule has 2 bridgehead atoms. The number of aryl methyl sites for hydroxylation is 1. The first kappa shape index (κ1) is 32.6. The molecule has 48 heavy (non-hydrogen) atoms. The molecule has 0 unspecified atom stereocenters. The van der Waals surface area contributed by atoms with E-state index in [9.17, 15) is 24.6 Å². The molecule has 0 radical (unpaired) electrons. The maximum atomic E-state index is 14.8. The zero-order valence-corrected chi connectivity index (χ0v) is 28.2. The van der Waals surface area contributed by atoms with E-state index in [1.165, 1.54) is 6.92 Å². The van der Waals surface area contributed by atoms with Crippen LogP contribution in [0.2, 0.25) is 0 Å². The molecule has 2 aromatic rings. The smallest absolute Gasteiger partial charge is 0.338 e. The van der Waals surface area contributed by atoms with Crippen LogP contribution in [0.1, 0.15) is 81.9 Å². The first-order chi connectivity index (χ1) is 22.6. The predicted octanol–water partition coefficient (Wildman–Crippen LogP) is 4.28. The number of allylic oxidation sites excluding steroid dienone is 2. The van der Waals surface area contributed by atoms with Gasteiger partial charge in [0.25, 0.3) is 0 Å². The van der Waals surface area contributed by atoms with Gasteiger partial charge in [-0.3, -0.25) is 9.59 Å². The Hall–Kier alpha value is -3.93. The summed E-state index contributed by atoms with van der Waals surface area (Å²) in [6.45, 7) is 12.2. The number of Topliss-reactive ketones (excluding diaryl/α,β-unsaturated/α-hetero) is 1. The fourth-order valence-electron chi connectivity index (χ4n) is 8.03. The molecule has 0 amide bonds. The number of aliphatic hydroxyl groups is 1. The monoisotopic (exact) mass is 662 g/mol. The van der Waals surface area contributed by atoms with E-state index in [4.69, 9.17) is 28.4 Å². The second-order valence-electron chi connectivity index (χ2n) is 14.6. The summed E-state index contributed by atoms with van der Waals surface area (Å²) in [6, 6.07) is 7.20. The summed E-state index contributed by atoms with van der Waals surface area (Å²) < 4.78 is 37.3. The van der Waals surface area contributed by atoms with Crippen LogP contribution in [0.25, 0.3) is 0 Å². The molecule has 3 saturated heterocycles. The van der Waals surface area contributed by atoms with Crippen LogP contribution in [0.15, 0.2) is 35.9 Å². The highest BCUT2D eigenvalue weighted by Crippen LogP contribution is 2.71. The van der Waals surface area contributed by atoms with Crippen molar-refractivity contribution in [1.82, 2.24) is 0 Å². The summed E-state index contributed by atoms with van der Waals surface area (Å²) in [5.74, 6) is -2.71. The van der Waals surface area contributed by atoms with Crippen LogP contribution in [0, 0.1) is 18.8 Å². The standard InChI is InChI=1S/C37H42O11/c1-16(2)8-9-20-10-11-22(39)26-28(20)37(21-12-17(3)13-24-31(21)46-25(15-43-24)36(6,7)42)29-27(32(26)48-37)30(40)23(45-19(5)38)14-18(4)44-35(41)34-33(29)47-34/h8,10-13,18,23,25,27,29,32-34,39,42H,9,14-15H2,1-7H3/t18-,23-,25+,27+,29+,32+,33+,34+,37-/m1/s1. The zero-order valence-electron chi connectivity index (χ0n) is 28.2. The Labute approximate surface area is 279 Å². The van der Waals surface area contributed by atoms with Crippen molar-refractivity contribution in [3.05, 3.63) is 63.7 Å². The van der Waals surface area contributed by atoms with E-state index in [1.54, 1.807) is 26.8 Å². The normalized spacial score (nSPS) is 33.2. The van der Waals surface area contributed by atoms with Gasteiger partial charge in [-0.05, 0) is 77.3 Å². The fraction of sp³-hybridized carbons (Fsp3) is 0.541. The van der Waals surface area contributed by atoms with Crippen LogP contribution < -0.4 is 9.47 Å². The lowest BCUT2D eigenvalue weighted by Gasteiger charge is -2.42. The minimum absolute atomic E-state index is 0.0423. The number of benzene rings is 2. The van der Waals surface area contributed by atoms with Gasteiger partial charge in [0.1, 0.15) is 30.2 Å². The minimum Gasteiger partial charge on any atom is -0.508 e. The number of aromatic hydroxyl groups is 1. The Morgan fingerprint density at radius 2 is 1.88 bits per heavy atom. The van der Waals surface area contributed by atoms with E-state index >= 15 is 0 Å². The van der Waals surface area contributed by atoms with Gasteiger partial charge in [0.05, 0.1) is 17.6 Å². The lowest BCUT2D eigenvalue weighted by molar-refractivity contribution is -0.161. The van der Waals surface area contributed by atoms with Crippen molar-refractivity contribution in [1.29, 1.82) is 0 Å². The highest BCUT2D eigenvalue weighted by molar-refractivity contribution is 5.91. The van der Waals surface area contributed by atoms with E-state index in [0.29, 0.717) is 34.6 Å². The molecule has 2 N–H and O–H groups in total. The number of ether oxygens (including phenoxy) is 6. The number of rotatable bonds is 5. The molecule has 0 spiro atoms. The highest BCUT2D eigenvalue weighted by atomic mass is 16.6. The second-order valence-corrected chi connectivity index (χ2v) is 14.6. The number of esters is 2. The molecule has 3 fully saturated rings. The molecule has 5 heterocycles. The van der Waals surface area contributed by atoms with Crippen LogP contribution in [-0.2, 0) is 45.4 Å². The van der Waals surface area contributed by atoms with Gasteiger partial charge in [0.15, 0.2) is 35.6 Å². The van der Waals surface area contributed by atoms with Crippen LogP contribution in [0.3, 0.4) is 0 Å². The summed E-state index contributed by atoms with van der Waals surface area (Å²) in [7, 11) is 0. The van der Waals surface area contributed by atoms with Gasteiger partial charge >= 0.3 is 11.9 Å². The quantitative estimate of drug-likeness (QED) is 0.268. The van der Waals surface area contributed by atoms with Crippen molar-refractivity contribution in [2.45, 2.75) is 109 Å². The average Bonchev–Trinajstić information content (AvgIpc) is 3.61. The number of phenolic OH excluding ortho intramolecular Hbond substituents is 1. The molecule has 0 aliphatic carbocycles. The first-order valence-corrected chi connectivity index (χ1v) is 16.5. The number of hydrogen-bond acceptors (Lipinski definition) is 11.